The summed E-state index contributed by atoms with van der Waals surface area (Å²) in [4.78, 5) is 30.7. The van der Waals surface area contributed by atoms with Gasteiger partial charge in [-0.1, -0.05) is 0 Å². The third-order valence-electron chi connectivity index (χ3n) is 3.76. The van der Waals surface area contributed by atoms with E-state index in [0.29, 0.717) is 22.8 Å². The molecule has 2 aromatic rings. The SMILES string of the molecule is Cc1cc(NC(=O)c2c(C(=O)N3CCC3)cnn2C)cc(N)n1. The Morgan fingerprint density at radius 2 is 2.04 bits per heavy atom. The van der Waals surface area contributed by atoms with Crippen LogP contribution in [-0.4, -0.2) is 44.6 Å². The van der Waals surface area contributed by atoms with E-state index in [9.17, 15) is 9.59 Å². The van der Waals surface area contributed by atoms with E-state index in [4.69, 9.17) is 5.73 Å². The van der Waals surface area contributed by atoms with Crippen molar-refractivity contribution < 1.29 is 9.59 Å². The highest BCUT2D eigenvalue weighted by atomic mass is 16.2. The van der Waals surface area contributed by atoms with Crippen molar-refractivity contribution in [3.8, 4) is 0 Å². The van der Waals surface area contributed by atoms with Gasteiger partial charge in [0.25, 0.3) is 11.8 Å². The number of nitrogens with zero attached hydrogens (tertiary/aromatic N) is 4. The molecule has 2 amide bonds. The number of nitrogens with two attached hydrogens (primary N) is 1. The highest BCUT2D eigenvalue weighted by Crippen LogP contribution is 2.18. The van der Waals surface area contributed by atoms with E-state index in [0.717, 1.165) is 19.5 Å². The second-order valence-corrected chi connectivity index (χ2v) is 5.55. The number of carbonyl (C=O) groups excluding carboxylic acids is 2. The molecule has 1 fully saturated rings. The molecule has 8 nitrogen and oxygen atoms in total. The highest BCUT2D eigenvalue weighted by Gasteiger charge is 2.28. The zero-order chi connectivity index (χ0) is 16.6. The highest BCUT2D eigenvalue weighted by molar-refractivity contribution is 6.11. The summed E-state index contributed by atoms with van der Waals surface area (Å²) in [6, 6.07) is 3.28. The third kappa shape index (κ3) is 2.87. The van der Waals surface area contributed by atoms with Gasteiger partial charge in [0.05, 0.1) is 11.8 Å². The molecule has 0 atom stereocenters. The fourth-order valence-corrected chi connectivity index (χ4v) is 2.51. The summed E-state index contributed by atoms with van der Waals surface area (Å²) in [6.45, 7) is 3.22. The molecule has 0 spiro atoms. The molecule has 0 bridgehead atoms. The normalized spacial score (nSPS) is 13.6. The molecule has 0 aliphatic carbocycles. The number of hydrogen-bond donors (Lipinski definition) is 2. The Labute approximate surface area is 133 Å². The van der Waals surface area contributed by atoms with Crippen LogP contribution in [0.15, 0.2) is 18.3 Å². The fraction of sp³-hybridized carbons (Fsp3) is 0.333. The van der Waals surface area contributed by atoms with Gasteiger partial charge < -0.3 is 16.0 Å². The molecular formula is C15H18N6O2. The van der Waals surface area contributed by atoms with Crippen LogP contribution >= 0.6 is 0 Å². The lowest BCUT2D eigenvalue weighted by Crippen LogP contribution is -2.42. The number of amides is 2. The van der Waals surface area contributed by atoms with Crippen molar-refractivity contribution in [2.75, 3.05) is 24.1 Å². The Kier molecular flexibility index (Phi) is 3.73. The van der Waals surface area contributed by atoms with Crippen molar-refractivity contribution in [1.29, 1.82) is 0 Å². The van der Waals surface area contributed by atoms with Gasteiger partial charge in [-0.3, -0.25) is 14.3 Å². The molecule has 1 saturated heterocycles. The number of rotatable bonds is 3. The number of likely N-dealkylation sites (tertiary alicyclic amines) is 1. The lowest BCUT2D eigenvalue weighted by Gasteiger charge is -2.30. The van der Waals surface area contributed by atoms with Crippen LogP contribution in [0.5, 0.6) is 0 Å². The topological polar surface area (TPSA) is 106 Å². The van der Waals surface area contributed by atoms with Crippen molar-refractivity contribution >= 4 is 23.3 Å². The van der Waals surface area contributed by atoms with Crippen molar-refractivity contribution in [3.05, 3.63) is 35.3 Å². The molecule has 0 radical (unpaired) electrons. The first-order valence-corrected chi connectivity index (χ1v) is 7.32. The van der Waals surface area contributed by atoms with E-state index in [1.807, 2.05) is 0 Å². The number of nitrogens with one attached hydrogen (secondary N) is 1. The van der Waals surface area contributed by atoms with Gasteiger partial charge >= 0.3 is 0 Å². The molecule has 0 saturated carbocycles. The fourth-order valence-electron chi connectivity index (χ4n) is 2.51. The third-order valence-corrected chi connectivity index (χ3v) is 3.76. The maximum Gasteiger partial charge on any atom is 0.274 e. The van der Waals surface area contributed by atoms with Crippen LogP contribution < -0.4 is 11.1 Å². The molecular weight excluding hydrogens is 296 g/mol. The lowest BCUT2D eigenvalue weighted by molar-refractivity contribution is 0.0648. The van der Waals surface area contributed by atoms with E-state index in [2.05, 4.69) is 15.4 Å². The van der Waals surface area contributed by atoms with Crippen molar-refractivity contribution in [2.45, 2.75) is 13.3 Å². The largest absolute Gasteiger partial charge is 0.384 e. The number of carbonyl (C=O) groups is 2. The minimum absolute atomic E-state index is 0.167. The Morgan fingerprint density at radius 3 is 2.65 bits per heavy atom. The van der Waals surface area contributed by atoms with Gasteiger partial charge in [0.2, 0.25) is 0 Å². The maximum atomic E-state index is 12.6. The van der Waals surface area contributed by atoms with E-state index in [1.54, 1.807) is 31.0 Å². The summed E-state index contributed by atoms with van der Waals surface area (Å²) >= 11 is 0. The van der Waals surface area contributed by atoms with Gasteiger partial charge in [-0.15, -0.1) is 0 Å². The van der Waals surface area contributed by atoms with E-state index >= 15 is 0 Å². The lowest BCUT2D eigenvalue weighted by atomic mass is 10.1. The first kappa shape index (κ1) is 15.0. The smallest absolute Gasteiger partial charge is 0.274 e. The molecule has 120 valence electrons. The molecule has 8 heteroatoms. The summed E-state index contributed by atoms with van der Waals surface area (Å²) in [5, 5.41) is 6.79. The van der Waals surface area contributed by atoms with E-state index in [-0.39, 0.29) is 11.6 Å². The van der Waals surface area contributed by atoms with Crippen LogP contribution in [0.3, 0.4) is 0 Å². The van der Waals surface area contributed by atoms with E-state index < -0.39 is 5.91 Å². The number of hydrogen-bond acceptors (Lipinski definition) is 5. The molecule has 1 aliphatic rings. The van der Waals surface area contributed by atoms with Gasteiger partial charge in [-0.05, 0) is 19.4 Å². The van der Waals surface area contributed by atoms with Crippen LogP contribution in [0.1, 0.15) is 33.0 Å². The summed E-state index contributed by atoms with van der Waals surface area (Å²) in [7, 11) is 1.63. The molecule has 0 unspecified atom stereocenters. The van der Waals surface area contributed by atoms with Crippen LogP contribution in [0.4, 0.5) is 11.5 Å². The van der Waals surface area contributed by atoms with Crippen molar-refractivity contribution in [3.63, 3.8) is 0 Å². The maximum absolute atomic E-state index is 12.6. The molecule has 2 aromatic heterocycles. The van der Waals surface area contributed by atoms with Gasteiger partial charge in [0.1, 0.15) is 11.5 Å². The Bertz CT molecular complexity index is 758. The van der Waals surface area contributed by atoms with Crippen molar-refractivity contribution in [2.24, 2.45) is 7.05 Å². The zero-order valence-electron chi connectivity index (χ0n) is 13.0. The standard InChI is InChI=1S/C15H18N6O2/c1-9-6-10(7-12(16)18-9)19-14(22)13-11(8-17-20(13)2)15(23)21-4-3-5-21/h6-8H,3-5H2,1-2H3,(H3,16,18,19,22). The average Bonchev–Trinajstić information content (AvgIpc) is 2.77. The molecule has 0 aromatic carbocycles. The Morgan fingerprint density at radius 1 is 1.30 bits per heavy atom. The molecule has 3 rings (SSSR count). The second kappa shape index (κ2) is 5.71. The van der Waals surface area contributed by atoms with Gasteiger partial charge in [0, 0.05) is 37.6 Å². The predicted molar refractivity (Wildman–Crippen MR) is 85.1 cm³/mol. The number of pyridine rings is 1. The minimum atomic E-state index is -0.404. The summed E-state index contributed by atoms with van der Waals surface area (Å²) in [5.41, 5.74) is 7.45. The number of anilines is 2. The van der Waals surface area contributed by atoms with Gasteiger partial charge in [-0.25, -0.2) is 4.98 Å². The number of aromatic nitrogens is 3. The van der Waals surface area contributed by atoms with Crippen LogP contribution in [0, 0.1) is 6.92 Å². The van der Waals surface area contributed by atoms with Gasteiger partial charge in [-0.2, -0.15) is 5.10 Å². The Balaban J connectivity index is 1.87. The number of aryl methyl sites for hydroxylation is 2. The summed E-state index contributed by atoms with van der Waals surface area (Å²) in [6.07, 6.45) is 2.42. The first-order chi connectivity index (χ1) is 11.0. The monoisotopic (exact) mass is 314 g/mol. The van der Waals surface area contributed by atoms with Crippen LogP contribution in [-0.2, 0) is 7.05 Å². The summed E-state index contributed by atoms with van der Waals surface area (Å²) < 4.78 is 1.40. The molecule has 1 aliphatic heterocycles. The molecule has 3 N–H and O–H groups in total. The van der Waals surface area contributed by atoms with Gasteiger partial charge in [0.15, 0.2) is 0 Å². The first-order valence-electron chi connectivity index (χ1n) is 7.32. The van der Waals surface area contributed by atoms with Crippen LogP contribution in [0.25, 0.3) is 0 Å². The Hall–Kier alpha value is -2.90. The summed E-state index contributed by atoms with van der Waals surface area (Å²) in [5.74, 6) is -0.249. The predicted octanol–water partition coefficient (Wildman–Crippen LogP) is 0.804. The van der Waals surface area contributed by atoms with E-state index in [1.165, 1.54) is 10.9 Å². The quantitative estimate of drug-likeness (QED) is 0.871. The van der Waals surface area contributed by atoms with Crippen LogP contribution in [0.2, 0.25) is 0 Å². The van der Waals surface area contributed by atoms with Crippen molar-refractivity contribution in [1.82, 2.24) is 19.7 Å². The average molecular weight is 314 g/mol. The minimum Gasteiger partial charge on any atom is -0.384 e. The number of nitrogen functional groups attached to an aromatic ring is 1. The zero-order valence-corrected chi connectivity index (χ0v) is 13.0. The molecule has 3 heterocycles. The molecule has 23 heavy (non-hydrogen) atoms. The second-order valence-electron chi connectivity index (χ2n) is 5.55.